The molecule has 0 aliphatic rings. The standard InChI is InChI=1S/C11H14Cl3NO2/c1-15(2)5-8(16)6-17-11-9(13)3-7(12)4-10(11)14/h3-4,8,16H,5-6H2,1-2H3/t8-/m1/s1. The Bertz CT molecular complexity index is 362. The molecule has 6 heteroatoms. The third kappa shape index (κ3) is 4.90. The van der Waals surface area contributed by atoms with Crippen molar-refractivity contribution in [2.75, 3.05) is 27.2 Å². The minimum absolute atomic E-state index is 0.124. The molecule has 17 heavy (non-hydrogen) atoms. The number of hydrogen-bond acceptors (Lipinski definition) is 3. The summed E-state index contributed by atoms with van der Waals surface area (Å²) in [6, 6.07) is 3.09. The van der Waals surface area contributed by atoms with Gasteiger partial charge in [-0.15, -0.1) is 0 Å². The van der Waals surface area contributed by atoms with Crippen LogP contribution >= 0.6 is 34.8 Å². The van der Waals surface area contributed by atoms with Gasteiger partial charge in [-0.2, -0.15) is 0 Å². The lowest BCUT2D eigenvalue weighted by molar-refractivity contribution is 0.0832. The topological polar surface area (TPSA) is 32.7 Å². The molecule has 1 atom stereocenters. The Kier molecular flexibility index (Phi) is 5.83. The number of rotatable bonds is 5. The molecule has 0 aromatic heterocycles. The van der Waals surface area contributed by atoms with E-state index in [-0.39, 0.29) is 6.61 Å². The van der Waals surface area contributed by atoms with Crippen LogP contribution in [0.2, 0.25) is 15.1 Å². The molecule has 0 unspecified atom stereocenters. The molecule has 0 saturated heterocycles. The van der Waals surface area contributed by atoms with Gasteiger partial charge in [-0.05, 0) is 26.2 Å². The van der Waals surface area contributed by atoms with Crippen LogP contribution in [0.1, 0.15) is 0 Å². The van der Waals surface area contributed by atoms with E-state index in [1.807, 2.05) is 19.0 Å². The number of aliphatic hydroxyl groups is 1. The monoisotopic (exact) mass is 297 g/mol. The van der Waals surface area contributed by atoms with E-state index in [9.17, 15) is 5.11 Å². The Labute approximate surface area is 116 Å². The highest BCUT2D eigenvalue weighted by Gasteiger charge is 2.12. The zero-order valence-corrected chi connectivity index (χ0v) is 11.9. The van der Waals surface area contributed by atoms with Crippen molar-refractivity contribution in [2.45, 2.75) is 6.10 Å². The van der Waals surface area contributed by atoms with E-state index < -0.39 is 6.10 Å². The zero-order chi connectivity index (χ0) is 13.0. The minimum Gasteiger partial charge on any atom is -0.488 e. The van der Waals surface area contributed by atoms with E-state index >= 15 is 0 Å². The molecule has 96 valence electrons. The van der Waals surface area contributed by atoms with Gasteiger partial charge in [0.2, 0.25) is 0 Å². The molecule has 0 spiro atoms. The summed E-state index contributed by atoms with van der Waals surface area (Å²) in [5.74, 6) is 0.343. The molecule has 1 aromatic carbocycles. The normalized spacial score (nSPS) is 12.9. The molecule has 1 N–H and O–H groups in total. The minimum atomic E-state index is -0.604. The molecule has 0 aliphatic heterocycles. The molecule has 0 radical (unpaired) electrons. The van der Waals surface area contributed by atoms with Gasteiger partial charge in [-0.3, -0.25) is 0 Å². The highest BCUT2D eigenvalue weighted by atomic mass is 35.5. The van der Waals surface area contributed by atoms with Crippen molar-refractivity contribution in [3.8, 4) is 5.75 Å². The van der Waals surface area contributed by atoms with E-state index in [1.165, 1.54) is 0 Å². The lowest BCUT2D eigenvalue weighted by atomic mass is 10.3. The number of likely N-dealkylation sites (N-methyl/N-ethyl adjacent to an activating group) is 1. The first kappa shape index (κ1) is 14.9. The molecule has 0 bridgehead atoms. The van der Waals surface area contributed by atoms with Crippen molar-refractivity contribution in [2.24, 2.45) is 0 Å². The number of hydrogen-bond donors (Lipinski definition) is 1. The third-order valence-electron chi connectivity index (χ3n) is 1.96. The van der Waals surface area contributed by atoms with Crippen molar-refractivity contribution in [1.29, 1.82) is 0 Å². The van der Waals surface area contributed by atoms with Gasteiger partial charge in [0.25, 0.3) is 0 Å². The van der Waals surface area contributed by atoms with Gasteiger partial charge in [0.05, 0.1) is 10.0 Å². The average Bonchev–Trinajstić information content (AvgIpc) is 2.14. The van der Waals surface area contributed by atoms with Crippen LogP contribution in [0.4, 0.5) is 0 Å². The Hall–Kier alpha value is -0.190. The summed E-state index contributed by atoms with van der Waals surface area (Å²) in [5, 5.41) is 10.7. The maximum Gasteiger partial charge on any atom is 0.156 e. The number of halogens is 3. The van der Waals surface area contributed by atoms with Crippen LogP contribution in [0.5, 0.6) is 5.75 Å². The third-order valence-corrected chi connectivity index (χ3v) is 2.74. The van der Waals surface area contributed by atoms with Crippen LogP contribution in [0, 0.1) is 0 Å². The summed E-state index contributed by atoms with van der Waals surface area (Å²) in [4.78, 5) is 1.86. The second-order valence-corrected chi connectivity index (χ2v) is 5.18. The summed E-state index contributed by atoms with van der Waals surface area (Å²) in [5.41, 5.74) is 0. The van der Waals surface area contributed by atoms with E-state index in [1.54, 1.807) is 12.1 Å². The van der Waals surface area contributed by atoms with Gasteiger partial charge in [-0.1, -0.05) is 34.8 Å². The molecule has 0 amide bonds. The average molecular weight is 299 g/mol. The second-order valence-electron chi connectivity index (χ2n) is 3.93. The van der Waals surface area contributed by atoms with Crippen LogP contribution in [-0.4, -0.2) is 43.4 Å². The van der Waals surface area contributed by atoms with E-state index in [0.717, 1.165) is 0 Å². The summed E-state index contributed by atoms with van der Waals surface area (Å²) >= 11 is 17.6. The smallest absolute Gasteiger partial charge is 0.156 e. The molecule has 0 heterocycles. The van der Waals surface area contributed by atoms with Crippen molar-refractivity contribution < 1.29 is 9.84 Å². The van der Waals surface area contributed by atoms with Crippen LogP contribution in [0.25, 0.3) is 0 Å². The SMILES string of the molecule is CN(C)C[C@@H](O)COc1c(Cl)cc(Cl)cc1Cl. The lowest BCUT2D eigenvalue weighted by Gasteiger charge is -2.17. The molecule has 0 aliphatic carbocycles. The fourth-order valence-corrected chi connectivity index (χ4v) is 2.25. The highest BCUT2D eigenvalue weighted by molar-refractivity contribution is 6.40. The first-order valence-corrected chi connectivity index (χ1v) is 6.13. The van der Waals surface area contributed by atoms with Crippen LogP contribution in [0.3, 0.4) is 0 Å². The summed E-state index contributed by atoms with van der Waals surface area (Å²) < 4.78 is 5.39. The molecular formula is C11H14Cl3NO2. The number of nitrogens with zero attached hydrogens (tertiary/aromatic N) is 1. The Morgan fingerprint density at radius 2 is 1.76 bits per heavy atom. The van der Waals surface area contributed by atoms with Crippen LogP contribution in [-0.2, 0) is 0 Å². The largest absolute Gasteiger partial charge is 0.488 e. The number of benzene rings is 1. The number of ether oxygens (including phenoxy) is 1. The van der Waals surface area contributed by atoms with E-state index in [2.05, 4.69) is 0 Å². The summed E-state index contributed by atoms with van der Waals surface area (Å²) in [7, 11) is 3.73. The van der Waals surface area contributed by atoms with E-state index in [4.69, 9.17) is 39.5 Å². The van der Waals surface area contributed by atoms with Gasteiger partial charge in [-0.25, -0.2) is 0 Å². The lowest BCUT2D eigenvalue weighted by Crippen LogP contribution is -2.30. The van der Waals surface area contributed by atoms with Crippen LogP contribution in [0.15, 0.2) is 12.1 Å². The molecule has 1 rings (SSSR count). The quantitative estimate of drug-likeness (QED) is 0.907. The molecule has 1 aromatic rings. The van der Waals surface area contributed by atoms with Gasteiger partial charge >= 0.3 is 0 Å². The van der Waals surface area contributed by atoms with Gasteiger partial charge in [0.15, 0.2) is 5.75 Å². The fourth-order valence-electron chi connectivity index (χ4n) is 1.32. The molecule has 0 fully saturated rings. The van der Waals surface area contributed by atoms with E-state index in [0.29, 0.717) is 27.4 Å². The summed E-state index contributed by atoms with van der Waals surface area (Å²) in [6.07, 6.45) is -0.604. The van der Waals surface area contributed by atoms with Gasteiger partial charge in [0, 0.05) is 11.6 Å². The van der Waals surface area contributed by atoms with Crippen molar-refractivity contribution in [1.82, 2.24) is 4.90 Å². The maximum absolute atomic E-state index is 9.64. The number of aliphatic hydroxyl groups excluding tert-OH is 1. The van der Waals surface area contributed by atoms with Crippen LogP contribution < -0.4 is 4.74 Å². The van der Waals surface area contributed by atoms with Crippen molar-refractivity contribution in [3.05, 3.63) is 27.2 Å². The zero-order valence-electron chi connectivity index (χ0n) is 9.58. The fraction of sp³-hybridized carbons (Fsp3) is 0.455. The first-order chi connectivity index (χ1) is 7.90. The highest BCUT2D eigenvalue weighted by Crippen LogP contribution is 2.35. The first-order valence-electron chi connectivity index (χ1n) is 5.00. The summed E-state index contributed by atoms with van der Waals surface area (Å²) in [6.45, 7) is 0.627. The second kappa shape index (κ2) is 6.66. The van der Waals surface area contributed by atoms with Crippen molar-refractivity contribution in [3.63, 3.8) is 0 Å². The Balaban J connectivity index is 2.63. The molecule has 0 saturated carbocycles. The molecular weight excluding hydrogens is 284 g/mol. The predicted molar refractivity (Wildman–Crippen MR) is 71.5 cm³/mol. The Morgan fingerprint density at radius 3 is 2.24 bits per heavy atom. The predicted octanol–water partition coefficient (Wildman–Crippen LogP) is 2.95. The van der Waals surface area contributed by atoms with Gasteiger partial charge < -0.3 is 14.7 Å². The Morgan fingerprint density at radius 1 is 1.24 bits per heavy atom. The van der Waals surface area contributed by atoms with Gasteiger partial charge in [0.1, 0.15) is 12.7 Å². The maximum atomic E-state index is 9.64. The molecule has 3 nitrogen and oxygen atoms in total. The van der Waals surface area contributed by atoms with Crippen molar-refractivity contribution >= 4 is 34.8 Å².